The van der Waals surface area contributed by atoms with Crippen LogP contribution in [0.1, 0.15) is 57.3 Å². The molecule has 0 atom stereocenters. The predicted molar refractivity (Wildman–Crippen MR) is 127 cm³/mol. The van der Waals surface area contributed by atoms with Crippen molar-refractivity contribution in [1.29, 1.82) is 5.53 Å². The van der Waals surface area contributed by atoms with Crippen LogP contribution in [-0.2, 0) is 0 Å². The van der Waals surface area contributed by atoms with Crippen molar-refractivity contribution in [3.05, 3.63) is 42.0 Å². The smallest absolute Gasteiger partial charge is 0.170 e. The fourth-order valence-corrected chi connectivity index (χ4v) is 4.75. The van der Waals surface area contributed by atoms with Gasteiger partial charge in [-0.2, -0.15) is 5.11 Å². The van der Waals surface area contributed by atoms with Gasteiger partial charge in [-0.1, -0.05) is 25.2 Å². The highest BCUT2D eigenvalue weighted by atomic mass is 32.1. The van der Waals surface area contributed by atoms with Gasteiger partial charge in [0.1, 0.15) is 27.1 Å². The zero-order valence-corrected chi connectivity index (χ0v) is 19.5. The Labute approximate surface area is 191 Å². The number of hydrogen-bond acceptors (Lipinski definition) is 8. The van der Waals surface area contributed by atoms with Gasteiger partial charge in [-0.25, -0.2) is 5.53 Å². The van der Waals surface area contributed by atoms with E-state index in [1.54, 1.807) is 0 Å². The number of carbonyl (C=O) groups is 1. The molecular formula is C24H27N5O2S. The summed E-state index contributed by atoms with van der Waals surface area (Å²) in [5.74, 6) is 0.754. The van der Waals surface area contributed by atoms with Gasteiger partial charge in [0.05, 0.1) is 17.7 Å². The van der Waals surface area contributed by atoms with Crippen molar-refractivity contribution in [2.24, 2.45) is 5.11 Å². The van der Waals surface area contributed by atoms with Gasteiger partial charge in [-0.05, 0) is 63.1 Å². The van der Waals surface area contributed by atoms with Gasteiger partial charge < -0.3 is 10.1 Å². The van der Waals surface area contributed by atoms with Gasteiger partial charge in [0.25, 0.3) is 0 Å². The Bertz CT molecular complexity index is 1170. The lowest BCUT2D eigenvalue weighted by Crippen LogP contribution is -2.40. The molecule has 2 N–H and O–H groups in total. The summed E-state index contributed by atoms with van der Waals surface area (Å²) in [5, 5.41) is 17.1. The second-order valence-corrected chi connectivity index (χ2v) is 9.34. The first-order valence-corrected chi connectivity index (χ1v) is 11.7. The van der Waals surface area contributed by atoms with Gasteiger partial charge in [0, 0.05) is 17.2 Å². The molecule has 0 amide bonds. The Morgan fingerprint density at radius 1 is 1.12 bits per heavy atom. The molecule has 2 heterocycles. The van der Waals surface area contributed by atoms with Gasteiger partial charge >= 0.3 is 0 Å². The van der Waals surface area contributed by atoms with Crippen LogP contribution in [0.5, 0.6) is 5.75 Å². The third-order valence-corrected chi connectivity index (χ3v) is 6.88. The number of ketones is 1. The van der Waals surface area contributed by atoms with E-state index in [2.05, 4.69) is 34.5 Å². The van der Waals surface area contributed by atoms with Crippen LogP contribution in [-0.4, -0.2) is 27.6 Å². The molecule has 0 bridgehead atoms. The Hall–Kier alpha value is -3.13. The minimum atomic E-state index is -0.404. The maximum atomic E-state index is 12.9. The van der Waals surface area contributed by atoms with Crippen molar-refractivity contribution < 1.29 is 9.53 Å². The highest BCUT2D eigenvalue weighted by molar-refractivity contribution is 7.17. The van der Waals surface area contributed by atoms with Crippen LogP contribution in [0.3, 0.4) is 0 Å². The van der Waals surface area contributed by atoms with Crippen LogP contribution in [0, 0.1) is 5.53 Å². The summed E-state index contributed by atoms with van der Waals surface area (Å²) in [6.07, 6.45) is 2.00. The Morgan fingerprint density at radius 2 is 1.78 bits per heavy atom. The number of nitrogens with one attached hydrogen (secondary N) is 2. The fraction of sp³-hybridized carbons (Fsp3) is 0.375. The maximum absolute atomic E-state index is 12.9. The fourth-order valence-electron chi connectivity index (χ4n) is 3.92. The summed E-state index contributed by atoms with van der Waals surface area (Å²) < 4.78 is 6.23. The predicted octanol–water partition coefficient (Wildman–Crippen LogP) is 6.88. The van der Waals surface area contributed by atoms with Crippen LogP contribution >= 0.6 is 11.3 Å². The van der Waals surface area contributed by atoms with Crippen molar-refractivity contribution in [1.82, 2.24) is 10.2 Å². The maximum Gasteiger partial charge on any atom is 0.170 e. The summed E-state index contributed by atoms with van der Waals surface area (Å²) in [7, 11) is 0. The topological polar surface area (TPSA) is 100 Å². The second-order valence-electron chi connectivity index (χ2n) is 8.36. The van der Waals surface area contributed by atoms with Crippen LogP contribution in [0.4, 0.5) is 11.4 Å². The van der Waals surface area contributed by atoms with Gasteiger partial charge in [-0.3, -0.25) is 4.79 Å². The van der Waals surface area contributed by atoms with E-state index in [0.717, 1.165) is 39.7 Å². The Kier molecular flexibility index (Phi) is 6.06. The third-order valence-electron chi connectivity index (χ3n) is 5.86. The minimum absolute atomic E-state index is 0.108. The summed E-state index contributed by atoms with van der Waals surface area (Å²) in [5.41, 5.74) is 10.8. The zero-order valence-electron chi connectivity index (χ0n) is 18.7. The first-order chi connectivity index (χ1) is 15.4. The molecule has 0 saturated heterocycles. The number of benzene rings is 2. The lowest BCUT2D eigenvalue weighted by Gasteiger charge is -2.36. The minimum Gasteiger partial charge on any atom is -0.486 e. The molecule has 1 aliphatic rings. The average Bonchev–Trinajstić information content (AvgIpc) is 3.29. The van der Waals surface area contributed by atoms with E-state index in [1.165, 1.54) is 11.3 Å². The highest BCUT2D eigenvalue weighted by Crippen LogP contribution is 2.40. The van der Waals surface area contributed by atoms with E-state index in [-0.39, 0.29) is 11.8 Å². The van der Waals surface area contributed by atoms with Crippen LogP contribution in [0.15, 0.2) is 41.5 Å². The molecule has 0 saturated carbocycles. The molecule has 2 aromatic carbocycles. The summed E-state index contributed by atoms with van der Waals surface area (Å²) >= 11 is 1.44. The number of Topliss-reactive ketones (excluding diaryl/α,β-unsaturated/α-hetero) is 1. The average molecular weight is 450 g/mol. The molecule has 1 aromatic heterocycles. The molecule has 0 radical (unpaired) electrons. The quantitative estimate of drug-likeness (QED) is 0.383. The molecule has 8 heteroatoms. The number of carbonyl (C=O) groups excluding carboxylic acids is 1. The molecule has 32 heavy (non-hydrogen) atoms. The number of aromatic nitrogens is 2. The summed E-state index contributed by atoms with van der Waals surface area (Å²) in [6, 6.07) is 11.6. The van der Waals surface area contributed by atoms with E-state index in [9.17, 15) is 4.79 Å². The van der Waals surface area contributed by atoms with Crippen molar-refractivity contribution in [2.45, 2.75) is 58.6 Å². The zero-order chi connectivity index (χ0) is 22.9. The van der Waals surface area contributed by atoms with E-state index >= 15 is 0 Å². The van der Waals surface area contributed by atoms with Gasteiger partial charge in [0.2, 0.25) is 0 Å². The van der Waals surface area contributed by atoms with Crippen molar-refractivity contribution in [3.63, 3.8) is 0 Å². The molecular weight excluding hydrogens is 422 g/mol. The molecule has 0 fully saturated rings. The standard InChI is InChI=1S/C24H27N5O2S/c1-5-24(6-2)13-20(30)17-11-15(8-10-21(17)31-24)22-28-29-23(32-22)16-7-9-18(26-14(3)4)19(12-16)27-25/h7-12,14,25-26H,5-6,13H2,1-4H3. The second kappa shape index (κ2) is 8.78. The number of hydrogen-bond donors (Lipinski definition) is 2. The van der Waals surface area contributed by atoms with Crippen molar-refractivity contribution >= 4 is 28.5 Å². The van der Waals surface area contributed by atoms with E-state index in [0.29, 0.717) is 23.4 Å². The normalized spacial score (nSPS) is 14.7. The number of ether oxygens (including phenoxy) is 1. The molecule has 0 unspecified atom stereocenters. The monoisotopic (exact) mass is 449 g/mol. The Balaban J connectivity index is 1.63. The van der Waals surface area contributed by atoms with E-state index in [1.807, 2.05) is 50.2 Å². The summed E-state index contributed by atoms with van der Waals surface area (Å²) in [4.78, 5) is 12.9. The lowest BCUT2D eigenvalue weighted by atomic mass is 9.85. The number of rotatable bonds is 7. The molecule has 3 aromatic rings. The lowest BCUT2D eigenvalue weighted by molar-refractivity contribution is 0.0350. The van der Waals surface area contributed by atoms with Gasteiger partial charge in [0.15, 0.2) is 5.78 Å². The van der Waals surface area contributed by atoms with Crippen molar-refractivity contribution in [3.8, 4) is 26.9 Å². The molecule has 4 rings (SSSR count). The number of nitrogens with zero attached hydrogens (tertiary/aromatic N) is 3. The molecule has 166 valence electrons. The first-order valence-electron chi connectivity index (χ1n) is 10.9. The number of anilines is 1. The molecule has 0 aliphatic carbocycles. The Morgan fingerprint density at radius 3 is 2.41 bits per heavy atom. The SMILES string of the molecule is CCC1(CC)CC(=O)c2cc(-c3nnc(-c4ccc(NC(C)C)c(N=N)c4)s3)ccc2O1. The van der Waals surface area contributed by atoms with Crippen LogP contribution in [0.2, 0.25) is 0 Å². The largest absolute Gasteiger partial charge is 0.486 e. The molecule has 0 spiro atoms. The van der Waals surface area contributed by atoms with Crippen LogP contribution < -0.4 is 10.1 Å². The van der Waals surface area contributed by atoms with E-state index < -0.39 is 5.60 Å². The molecule has 7 nitrogen and oxygen atoms in total. The molecule has 1 aliphatic heterocycles. The highest BCUT2D eigenvalue weighted by Gasteiger charge is 2.37. The van der Waals surface area contributed by atoms with Gasteiger partial charge in [-0.15, -0.1) is 10.2 Å². The van der Waals surface area contributed by atoms with E-state index in [4.69, 9.17) is 10.3 Å². The van der Waals surface area contributed by atoms with Crippen LogP contribution in [0.25, 0.3) is 21.1 Å². The number of fused-ring (bicyclic) bond motifs is 1. The third kappa shape index (κ3) is 4.14. The first kappa shape index (κ1) is 22.1. The van der Waals surface area contributed by atoms with Crippen molar-refractivity contribution in [2.75, 3.05) is 5.32 Å². The summed E-state index contributed by atoms with van der Waals surface area (Å²) in [6.45, 7) is 8.20.